The molecule has 0 spiro atoms. The molecule has 3 nitrogen and oxygen atoms in total. The number of halogens is 1. The van der Waals surface area contributed by atoms with Crippen LogP contribution in [0.15, 0.2) is 6.20 Å². The fraction of sp³-hybridized carbons (Fsp3) is 0.700. The summed E-state index contributed by atoms with van der Waals surface area (Å²) in [5.74, 6) is 0.408. The average Bonchev–Trinajstić information content (AvgIpc) is 2.70. The quantitative estimate of drug-likeness (QED) is 0.757. The molecule has 1 fully saturated rings. The molecule has 1 aromatic heterocycles. The molecule has 1 unspecified atom stereocenters. The van der Waals surface area contributed by atoms with Crippen molar-refractivity contribution in [3.8, 4) is 0 Å². The second kappa shape index (κ2) is 3.91. The minimum absolute atomic E-state index is 0.375. The molecule has 0 N–H and O–H groups in total. The summed E-state index contributed by atoms with van der Waals surface area (Å²) in [5, 5.41) is 5.09. The van der Waals surface area contributed by atoms with Crippen LogP contribution in [0.1, 0.15) is 37.9 Å². The van der Waals surface area contributed by atoms with Crippen molar-refractivity contribution in [1.82, 2.24) is 9.78 Å². The number of nitrogens with zero attached hydrogens (tertiary/aromatic N) is 2. The van der Waals surface area contributed by atoms with Gasteiger partial charge in [-0.1, -0.05) is 25.4 Å². The Morgan fingerprint density at radius 3 is 3.00 bits per heavy atom. The van der Waals surface area contributed by atoms with E-state index in [1.54, 1.807) is 6.20 Å². The van der Waals surface area contributed by atoms with E-state index in [2.05, 4.69) is 18.9 Å². The Morgan fingerprint density at radius 1 is 1.64 bits per heavy atom. The third-order valence-electron chi connectivity index (χ3n) is 2.59. The van der Waals surface area contributed by atoms with Crippen LogP contribution in [0.3, 0.4) is 0 Å². The zero-order valence-corrected chi connectivity index (χ0v) is 9.29. The maximum atomic E-state index is 6.09. The van der Waals surface area contributed by atoms with E-state index in [4.69, 9.17) is 16.3 Å². The van der Waals surface area contributed by atoms with Crippen LogP contribution in [0.2, 0.25) is 5.02 Å². The van der Waals surface area contributed by atoms with Crippen molar-refractivity contribution in [2.24, 2.45) is 0 Å². The topological polar surface area (TPSA) is 27.1 Å². The van der Waals surface area contributed by atoms with E-state index in [0.717, 1.165) is 30.4 Å². The van der Waals surface area contributed by atoms with E-state index in [0.29, 0.717) is 12.0 Å². The van der Waals surface area contributed by atoms with Gasteiger partial charge in [0.25, 0.3) is 0 Å². The average molecular weight is 215 g/mol. The van der Waals surface area contributed by atoms with Crippen molar-refractivity contribution in [3.63, 3.8) is 0 Å². The van der Waals surface area contributed by atoms with Crippen LogP contribution in [0.5, 0.6) is 0 Å². The summed E-state index contributed by atoms with van der Waals surface area (Å²) in [7, 11) is 0. The second-order valence-corrected chi connectivity index (χ2v) is 4.40. The first kappa shape index (κ1) is 9.99. The Bertz CT molecular complexity index is 316. The van der Waals surface area contributed by atoms with Crippen LogP contribution in [0, 0.1) is 0 Å². The Hall–Kier alpha value is -0.540. The lowest BCUT2D eigenvalue weighted by atomic mass is 10.1. The number of rotatable bonds is 2. The molecule has 0 radical (unpaired) electrons. The van der Waals surface area contributed by atoms with E-state index < -0.39 is 0 Å². The summed E-state index contributed by atoms with van der Waals surface area (Å²) >= 11 is 6.09. The number of hydrogen-bond acceptors (Lipinski definition) is 2. The van der Waals surface area contributed by atoms with Gasteiger partial charge in [0, 0.05) is 6.61 Å². The molecule has 4 heteroatoms. The summed E-state index contributed by atoms with van der Waals surface area (Å²) in [6.45, 7) is 5.86. The van der Waals surface area contributed by atoms with Crippen LogP contribution >= 0.6 is 11.6 Å². The molecule has 1 aliphatic rings. The van der Waals surface area contributed by atoms with Gasteiger partial charge in [0.2, 0.25) is 0 Å². The lowest BCUT2D eigenvalue weighted by Crippen LogP contribution is -2.14. The van der Waals surface area contributed by atoms with Gasteiger partial charge in [0.1, 0.15) is 0 Å². The van der Waals surface area contributed by atoms with Gasteiger partial charge in [-0.05, 0) is 12.3 Å². The molecule has 0 saturated carbocycles. The van der Waals surface area contributed by atoms with Crippen molar-refractivity contribution in [3.05, 3.63) is 16.9 Å². The normalized spacial score (nSPS) is 22.1. The van der Waals surface area contributed by atoms with E-state index >= 15 is 0 Å². The van der Waals surface area contributed by atoms with E-state index in [-0.39, 0.29) is 0 Å². The summed E-state index contributed by atoms with van der Waals surface area (Å²) in [6, 6.07) is 0.375. The van der Waals surface area contributed by atoms with Crippen molar-refractivity contribution < 1.29 is 4.74 Å². The zero-order chi connectivity index (χ0) is 10.1. The minimum atomic E-state index is 0.375. The Labute approximate surface area is 89.0 Å². The minimum Gasteiger partial charge on any atom is -0.379 e. The molecule has 1 aliphatic heterocycles. The van der Waals surface area contributed by atoms with Crippen LogP contribution in [0.4, 0.5) is 0 Å². The highest BCUT2D eigenvalue weighted by Gasteiger charge is 2.23. The smallest absolute Gasteiger partial charge is 0.0820 e. The van der Waals surface area contributed by atoms with Crippen LogP contribution in [-0.4, -0.2) is 23.0 Å². The van der Waals surface area contributed by atoms with Gasteiger partial charge < -0.3 is 4.74 Å². The van der Waals surface area contributed by atoms with Crippen LogP contribution in [-0.2, 0) is 4.74 Å². The molecule has 0 amide bonds. The molecular formula is C10H15ClN2O. The van der Waals surface area contributed by atoms with Gasteiger partial charge in [-0.3, -0.25) is 4.68 Å². The highest BCUT2D eigenvalue weighted by molar-refractivity contribution is 6.31. The second-order valence-electron chi connectivity index (χ2n) is 3.99. The largest absolute Gasteiger partial charge is 0.379 e. The van der Waals surface area contributed by atoms with Crippen molar-refractivity contribution in [1.29, 1.82) is 0 Å². The fourth-order valence-electron chi connectivity index (χ4n) is 1.90. The number of aromatic nitrogens is 2. The molecule has 1 aromatic rings. The summed E-state index contributed by atoms with van der Waals surface area (Å²) < 4.78 is 7.38. The summed E-state index contributed by atoms with van der Waals surface area (Å²) in [6.07, 6.45) is 2.77. The van der Waals surface area contributed by atoms with Crippen molar-refractivity contribution >= 4 is 11.6 Å². The Kier molecular flexibility index (Phi) is 2.79. The highest BCUT2D eigenvalue weighted by atomic mass is 35.5. The molecule has 78 valence electrons. The monoisotopic (exact) mass is 214 g/mol. The van der Waals surface area contributed by atoms with Gasteiger partial charge in [0.05, 0.1) is 29.6 Å². The molecule has 14 heavy (non-hydrogen) atoms. The number of hydrogen-bond donors (Lipinski definition) is 0. The molecule has 2 heterocycles. The first-order valence-corrected chi connectivity index (χ1v) is 5.38. The predicted molar refractivity (Wildman–Crippen MR) is 55.8 cm³/mol. The molecule has 0 bridgehead atoms. The first-order chi connectivity index (χ1) is 6.70. The van der Waals surface area contributed by atoms with Gasteiger partial charge in [-0.25, -0.2) is 0 Å². The molecule has 0 aliphatic carbocycles. The van der Waals surface area contributed by atoms with E-state index in [1.165, 1.54) is 0 Å². The summed E-state index contributed by atoms with van der Waals surface area (Å²) in [4.78, 5) is 0. The van der Waals surface area contributed by atoms with Gasteiger partial charge in [-0.2, -0.15) is 5.10 Å². The maximum absolute atomic E-state index is 6.09. The molecule has 1 atom stereocenters. The predicted octanol–water partition coefficient (Wildman–Crippen LogP) is 2.62. The molecule has 1 saturated heterocycles. The van der Waals surface area contributed by atoms with E-state index in [1.807, 2.05) is 4.68 Å². The SMILES string of the molecule is CC(C)c1c(Cl)cnn1C1CCOC1. The number of ether oxygens (including phenoxy) is 1. The molecule has 2 rings (SSSR count). The summed E-state index contributed by atoms with van der Waals surface area (Å²) in [5.41, 5.74) is 1.13. The standard InChI is InChI=1S/C10H15ClN2O/c1-7(2)10-9(11)5-12-13(10)8-3-4-14-6-8/h5,7-8H,3-4,6H2,1-2H3. The fourth-order valence-corrected chi connectivity index (χ4v) is 2.25. The van der Waals surface area contributed by atoms with Gasteiger partial charge >= 0.3 is 0 Å². The Morgan fingerprint density at radius 2 is 2.43 bits per heavy atom. The first-order valence-electron chi connectivity index (χ1n) is 5.00. The van der Waals surface area contributed by atoms with E-state index in [9.17, 15) is 0 Å². The third kappa shape index (κ3) is 1.66. The Balaban J connectivity index is 2.32. The van der Waals surface area contributed by atoms with Crippen molar-refractivity contribution in [2.75, 3.05) is 13.2 Å². The molecular weight excluding hydrogens is 200 g/mol. The molecule has 0 aromatic carbocycles. The van der Waals surface area contributed by atoms with Gasteiger partial charge in [0.15, 0.2) is 0 Å². The third-order valence-corrected chi connectivity index (χ3v) is 2.88. The maximum Gasteiger partial charge on any atom is 0.0820 e. The van der Waals surface area contributed by atoms with Gasteiger partial charge in [-0.15, -0.1) is 0 Å². The lowest BCUT2D eigenvalue weighted by molar-refractivity contribution is 0.183. The van der Waals surface area contributed by atoms with Crippen molar-refractivity contribution in [2.45, 2.75) is 32.2 Å². The highest BCUT2D eigenvalue weighted by Crippen LogP contribution is 2.29. The van der Waals surface area contributed by atoms with Crippen LogP contribution < -0.4 is 0 Å². The lowest BCUT2D eigenvalue weighted by Gasteiger charge is -2.15. The zero-order valence-electron chi connectivity index (χ0n) is 8.53. The van der Waals surface area contributed by atoms with Crippen LogP contribution in [0.25, 0.3) is 0 Å².